The van der Waals surface area contributed by atoms with Crippen LogP contribution in [-0.2, 0) is 14.3 Å². The fourth-order valence-electron chi connectivity index (χ4n) is 6.81. The van der Waals surface area contributed by atoms with Crippen molar-refractivity contribution in [3.63, 3.8) is 0 Å². The number of allylic oxidation sites excluding steroid dienone is 2. The average Bonchev–Trinajstić information content (AvgIpc) is 3.13. The van der Waals surface area contributed by atoms with Crippen LogP contribution >= 0.6 is 0 Å². The van der Waals surface area contributed by atoms with Crippen molar-refractivity contribution in [1.29, 1.82) is 0 Å². The first-order valence-corrected chi connectivity index (χ1v) is 22.4. The third kappa shape index (κ3) is 38.1. The third-order valence-corrected chi connectivity index (χ3v) is 10.3. The molecular weight excluding hydrogens is 634 g/mol. The zero-order valence-corrected chi connectivity index (χ0v) is 34.1. The predicted molar refractivity (Wildman–Crippen MR) is 218 cm³/mol. The molecule has 0 aliphatic heterocycles. The van der Waals surface area contributed by atoms with Crippen molar-refractivity contribution < 1.29 is 24.5 Å². The molecule has 6 heteroatoms. The number of rotatable bonds is 41. The van der Waals surface area contributed by atoms with Crippen molar-refractivity contribution in [2.75, 3.05) is 13.2 Å². The highest BCUT2D eigenvalue weighted by molar-refractivity contribution is 5.76. The van der Waals surface area contributed by atoms with Crippen LogP contribution in [0.15, 0.2) is 12.2 Å². The summed E-state index contributed by atoms with van der Waals surface area (Å²) in [5.41, 5.74) is 0. The number of hydrogen-bond acceptors (Lipinski definition) is 5. The highest BCUT2D eigenvalue weighted by atomic mass is 16.5. The molecule has 2 atom stereocenters. The van der Waals surface area contributed by atoms with Crippen molar-refractivity contribution in [1.82, 2.24) is 5.32 Å². The smallest absolute Gasteiger partial charge is 0.305 e. The summed E-state index contributed by atoms with van der Waals surface area (Å²) in [5, 5.41) is 23.1. The largest absolute Gasteiger partial charge is 0.466 e. The Morgan fingerprint density at radius 1 is 0.529 bits per heavy atom. The number of amides is 1. The Bertz CT molecular complexity index is 757. The van der Waals surface area contributed by atoms with Crippen molar-refractivity contribution in [3.8, 4) is 0 Å². The van der Waals surface area contributed by atoms with Gasteiger partial charge in [-0.1, -0.05) is 187 Å². The van der Waals surface area contributed by atoms with Gasteiger partial charge in [0.05, 0.1) is 25.4 Å². The van der Waals surface area contributed by atoms with Gasteiger partial charge in [0.2, 0.25) is 5.91 Å². The lowest BCUT2D eigenvalue weighted by Crippen LogP contribution is -2.45. The Labute approximate surface area is 317 Å². The molecule has 1 amide bonds. The van der Waals surface area contributed by atoms with Crippen LogP contribution in [0.2, 0.25) is 0 Å². The second-order valence-corrected chi connectivity index (χ2v) is 15.4. The molecule has 0 heterocycles. The first-order chi connectivity index (χ1) is 25.0. The number of aliphatic hydroxyl groups excluding tert-OH is 2. The Balaban J connectivity index is 3.48. The molecule has 0 aliphatic rings. The summed E-state index contributed by atoms with van der Waals surface area (Å²) in [6.45, 7) is 4.86. The van der Waals surface area contributed by atoms with Crippen molar-refractivity contribution in [2.45, 2.75) is 251 Å². The van der Waals surface area contributed by atoms with Gasteiger partial charge >= 0.3 is 5.97 Å². The highest BCUT2D eigenvalue weighted by Crippen LogP contribution is 2.15. The molecule has 0 bridgehead atoms. The van der Waals surface area contributed by atoms with Crippen LogP contribution < -0.4 is 5.32 Å². The van der Waals surface area contributed by atoms with E-state index in [-0.39, 0.29) is 18.5 Å². The van der Waals surface area contributed by atoms with Crippen LogP contribution in [0.3, 0.4) is 0 Å². The Morgan fingerprint density at radius 2 is 0.922 bits per heavy atom. The number of aliphatic hydroxyl groups is 2. The Kier molecular flexibility index (Phi) is 40.2. The van der Waals surface area contributed by atoms with Gasteiger partial charge in [-0.05, 0) is 51.4 Å². The van der Waals surface area contributed by atoms with Crippen LogP contribution in [0.25, 0.3) is 0 Å². The van der Waals surface area contributed by atoms with Crippen LogP contribution in [0, 0.1) is 0 Å². The molecule has 0 spiro atoms. The van der Waals surface area contributed by atoms with E-state index in [0.29, 0.717) is 25.9 Å². The zero-order valence-electron chi connectivity index (χ0n) is 34.1. The van der Waals surface area contributed by atoms with Gasteiger partial charge in [-0.15, -0.1) is 0 Å². The van der Waals surface area contributed by atoms with E-state index in [2.05, 4.69) is 31.3 Å². The monoisotopic (exact) mass is 722 g/mol. The molecule has 0 fully saturated rings. The summed E-state index contributed by atoms with van der Waals surface area (Å²) < 4.78 is 5.43. The summed E-state index contributed by atoms with van der Waals surface area (Å²) >= 11 is 0. The van der Waals surface area contributed by atoms with Gasteiger partial charge in [-0.25, -0.2) is 0 Å². The minimum absolute atomic E-state index is 0.0242. The maximum Gasteiger partial charge on any atom is 0.305 e. The molecule has 0 rings (SSSR count). The SMILES string of the molecule is CCCCC/C=C\CCCCCCCC(=O)OCCCCCCCCCCCCCC(=O)NC(CO)C(O)CCCCCCCCCCCCC. The minimum atomic E-state index is -0.674. The topological polar surface area (TPSA) is 95.9 Å². The maximum absolute atomic E-state index is 12.4. The number of unbranched alkanes of at least 4 members (excludes halogenated alkanes) is 28. The minimum Gasteiger partial charge on any atom is -0.466 e. The molecule has 51 heavy (non-hydrogen) atoms. The molecule has 3 N–H and O–H groups in total. The standard InChI is InChI=1S/C45H87NO5/c1-3-5-7-9-11-13-15-19-23-27-31-35-39-45(50)51-40-36-32-28-24-20-16-18-22-26-30-34-38-44(49)46-42(41-47)43(48)37-33-29-25-21-17-14-12-10-8-6-4-2/h11,13,42-43,47-48H,3-10,12,14-41H2,1-2H3,(H,46,49)/b13-11-. The fourth-order valence-corrected chi connectivity index (χ4v) is 6.81. The Morgan fingerprint density at radius 3 is 1.43 bits per heavy atom. The van der Waals surface area contributed by atoms with Gasteiger partial charge in [0.25, 0.3) is 0 Å². The third-order valence-electron chi connectivity index (χ3n) is 10.3. The van der Waals surface area contributed by atoms with Crippen LogP contribution in [0.5, 0.6) is 0 Å². The number of hydrogen-bond donors (Lipinski definition) is 3. The summed E-state index contributed by atoms with van der Waals surface area (Å²) in [5.74, 6) is -0.0802. The molecule has 2 unspecified atom stereocenters. The van der Waals surface area contributed by atoms with E-state index < -0.39 is 12.1 Å². The van der Waals surface area contributed by atoms with E-state index in [1.807, 2.05) is 0 Å². The average molecular weight is 722 g/mol. The van der Waals surface area contributed by atoms with Crippen LogP contribution in [-0.4, -0.2) is 47.4 Å². The second-order valence-electron chi connectivity index (χ2n) is 15.4. The van der Waals surface area contributed by atoms with E-state index >= 15 is 0 Å². The van der Waals surface area contributed by atoms with E-state index in [1.165, 1.54) is 148 Å². The summed E-state index contributed by atoms with van der Waals surface area (Å²) in [4.78, 5) is 24.3. The quantitative estimate of drug-likeness (QED) is 0.0332. The van der Waals surface area contributed by atoms with E-state index in [1.54, 1.807) is 0 Å². The van der Waals surface area contributed by atoms with Gasteiger partial charge in [0, 0.05) is 12.8 Å². The van der Waals surface area contributed by atoms with E-state index in [9.17, 15) is 19.8 Å². The Hall–Kier alpha value is -1.40. The first kappa shape index (κ1) is 49.6. The van der Waals surface area contributed by atoms with Gasteiger partial charge < -0.3 is 20.3 Å². The molecule has 302 valence electrons. The normalized spacial score (nSPS) is 12.8. The lowest BCUT2D eigenvalue weighted by Gasteiger charge is -2.22. The van der Waals surface area contributed by atoms with Crippen molar-refractivity contribution >= 4 is 11.9 Å². The van der Waals surface area contributed by atoms with Crippen LogP contribution in [0.1, 0.15) is 239 Å². The molecule has 6 nitrogen and oxygen atoms in total. The molecule has 0 aromatic rings. The van der Waals surface area contributed by atoms with Crippen LogP contribution in [0.4, 0.5) is 0 Å². The van der Waals surface area contributed by atoms with Gasteiger partial charge in [0.15, 0.2) is 0 Å². The summed E-state index contributed by atoms with van der Waals surface area (Å²) in [6.07, 6.45) is 44.4. The number of nitrogens with one attached hydrogen (secondary N) is 1. The van der Waals surface area contributed by atoms with Crippen molar-refractivity contribution in [2.24, 2.45) is 0 Å². The number of ether oxygens (including phenoxy) is 1. The maximum atomic E-state index is 12.4. The number of carbonyl (C=O) groups is 2. The molecule has 0 aromatic carbocycles. The highest BCUT2D eigenvalue weighted by Gasteiger charge is 2.20. The van der Waals surface area contributed by atoms with Gasteiger partial charge in [-0.2, -0.15) is 0 Å². The molecule has 0 radical (unpaired) electrons. The molecular formula is C45H87NO5. The number of carbonyl (C=O) groups excluding carboxylic acids is 2. The fraction of sp³-hybridized carbons (Fsp3) is 0.911. The second kappa shape index (κ2) is 41.4. The van der Waals surface area contributed by atoms with E-state index in [4.69, 9.17) is 4.74 Å². The number of esters is 1. The molecule has 0 saturated carbocycles. The van der Waals surface area contributed by atoms with Crippen molar-refractivity contribution in [3.05, 3.63) is 12.2 Å². The first-order valence-electron chi connectivity index (χ1n) is 22.4. The van der Waals surface area contributed by atoms with Gasteiger partial charge in [0.1, 0.15) is 0 Å². The molecule has 0 aromatic heterocycles. The molecule has 0 saturated heterocycles. The summed E-state index contributed by atoms with van der Waals surface area (Å²) in [6, 6.07) is -0.553. The van der Waals surface area contributed by atoms with Gasteiger partial charge in [-0.3, -0.25) is 9.59 Å². The predicted octanol–water partition coefficient (Wildman–Crippen LogP) is 12.6. The lowest BCUT2D eigenvalue weighted by atomic mass is 10.0. The molecule has 0 aliphatic carbocycles. The summed E-state index contributed by atoms with van der Waals surface area (Å²) in [7, 11) is 0. The van der Waals surface area contributed by atoms with E-state index in [0.717, 1.165) is 57.8 Å². The zero-order chi connectivity index (χ0) is 37.3. The lowest BCUT2D eigenvalue weighted by molar-refractivity contribution is -0.143.